The fraction of sp³-hybridized carbons (Fsp3) is 0.444. The van der Waals surface area contributed by atoms with Gasteiger partial charge in [-0.2, -0.15) is 9.59 Å². The molecule has 0 spiro atoms. The summed E-state index contributed by atoms with van der Waals surface area (Å²) < 4.78 is 16.3. The van der Waals surface area contributed by atoms with E-state index in [1.165, 1.54) is 7.11 Å². The number of rotatable bonds is 9. The fourth-order valence-electron chi connectivity index (χ4n) is 4.37. The molecule has 0 radical (unpaired) electrons. The third kappa shape index (κ3) is 6.19. The Labute approximate surface area is 200 Å². The van der Waals surface area contributed by atoms with Gasteiger partial charge in [0.25, 0.3) is 0 Å². The van der Waals surface area contributed by atoms with Crippen molar-refractivity contribution in [3.8, 4) is 0 Å². The van der Waals surface area contributed by atoms with Crippen molar-refractivity contribution in [3.63, 3.8) is 0 Å². The van der Waals surface area contributed by atoms with Gasteiger partial charge in [0, 0.05) is 13.0 Å². The Morgan fingerprint density at radius 3 is 2.15 bits per heavy atom. The van der Waals surface area contributed by atoms with Crippen molar-refractivity contribution in [3.05, 3.63) is 71.3 Å². The monoisotopic (exact) mass is 468 g/mol. The Balaban J connectivity index is 0.00000129. The van der Waals surface area contributed by atoms with Crippen LogP contribution < -0.4 is 0 Å². The zero-order valence-electron chi connectivity index (χ0n) is 20.1. The number of carbonyl (C=O) groups excluding carboxylic acids is 4. The van der Waals surface area contributed by atoms with Crippen LogP contribution >= 0.6 is 0 Å². The minimum Gasteiger partial charge on any atom is -0.466 e. The first-order chi connectivity index (χ1) is 16.4. The normalized spacial score (nSPS) is 20.4. The second-order valence-corrected chi connectivity index (χ2v) is 8.29. The maximum atomic E-state index is 12.8. The molecule has 3 rings (SSSR count). The van der Waals surface area contributed by atoms with Crippen LogP contribution in [0.15, 0.2) is 54.6 Å². The van der Waals surface area contributed by atoms with E-state index in [1.807, 2.05) is 61.5 Å². The first-order valence-electron chi connectivity index (χ1n) is 11.4. The summed E-state index contributed by atoms with van der Waals surface area (Å²) >= 11 is 0. The van der Waals surface area contributed by atoms with Crippen LogP contribution in [-0.2, 0) is 45.6 Å². The predicted octanol–water partition coefficient (Wildman–Crippen LogP) is 4.40. The number of esters is 2. The first kappa shape index (κ1) is 27.0. The number of benzene rings is 2. The largest absolute Gasteiger partial charge is 0.466 e. The smallest absolute Gasteiger partial charge is 0.373 e. The summed E-state index contributed by atoms with van der Waals surface area (Å²) in [4.78, 5) is 41.3. The van der Waals surface area contributed by atoms with Gasteiger partial charge in [0.15, 0.2) is 5.60 Å². The molecule has 1 unspecified atom stereocenters. The van der Waals surface area contributed by atoms with Crippen LogP contribution in [0.1, 0.15) is 56.2 Å². The molecule has 34 heavy (non-hydrogen) atoms. The lowest BCUT2D eigenvalue weighted by atomic mass is 9.61. The Morgan fingerprint density at radius 2 is 1.62 bits per heavy atom. The van der Waals surface area contributed by atoms with E-state index >= 15 is 0 Å². The number of carbonyl (C=O) groups is 2. The van der Waals surface area contributed by atoms with Gasteiger partial charge in [0.1, 0.15) is 6.61 Å². The summed E-state index contributed by atoms with van der Waals surface area (Å²) in [5.41, 5.74) is 1.62. The van der Waals surface area contributed by atoms with Gasteiger partial charge in [-0.3, -0.25) is 4.79 Å². The molecule has 1 saturated carbocycles. The van der Waals surface area contributed by atoms with Crippen molar-refractivity contribution in [1.29, 1.82) is 0 Å². The van der Waals surface area contributed by atoms with Crippen molar-refractivity contribution < 1.29 is 33.4 Å². The maximum Gasteiger partial charge on any atom is 0.373 e. The molecule has 2 aromatic carbocycles. The van der Waals surface area contributed by atoms with E-state index in [1.54, 1.807) is 6.92 Å². The van der Waals surface area contributed by atoms with Crippen LogP contribution in [0.4, 0.5) is 0 Å². The zero-order valence-corrected chi connectivity index (χ0v) is 20.1. The van der Waals surface area contributed by atoms with Crippen molar-refractivity contribution in [1.82, 2.24) is 0 Å². The number of methoxy groups -OCH3 is 1. The van der Waals surface area contributed by atoms with Crippen LogP contribution in [0.25, 0.3) is 0 Å². The van der Waals surface area contributed by atoms with E-state index in [0.717, 1.165) is 29.5 Å². The average Bonchev–Trinajstić information content (AvgIpc) is 2.83. The van der Waals surface area contributed by atoms with Gasteiger partial charge < -0.3 is 14.2 Å². The molecule has 0 aliphatic heterocycles. The Kier molecular flexibility index (Phi) is 10.2. The van der Waals surface area contributed by atoms with Gasteiger partial charge in [-0.15, -0.1) is 0 Å². The molecule has 0 saturated heterocycles. The molecule has 4 atom stereocenters. The Hall–Kier alpha value is -3.28. The van der Waals surface area contributed by atoms with Gasteiger partial charge in [-0.05, 0) is 42.9 Å². The molecule has 1 aliphatic rings. The molecule has 0 bridgehead atoms. The lowest BCUT2D eigenvalue weighted by Crippen LogP contribution is -2.40. The van der Waals surface area contributed by atoms with Crippen molar-refractivity contribution in [2.45, 2.75) is 51.7 Å². The van der Waals surface area contributed by atoms with Crippen LogP contribution in [-0.4, -0.2) is 31.8 Å². The lowest BCUT2D eigenvalue weighted by Gasteiger charge is -2.43. The highest BCUT2D eigenvalue weighted by molar-refractivity contribution is 5.81. The first-order valence-corrected chi connectivity index (χ1v) is 11.4. The molecular formula is C27H32O7. The Morgan fingerprint density at radius 1 is 1.00 bits per heavy atom. The van der Waals surface area contributed by atoms with Crippen LogP contribution in [0.3, 0.4) is 0 Å². The SMILES string of the molecule is CCOC(=O)[C@H]1C[C@H](CC)C1c1ccc(COC(=O)[C@](C)(OC)c2ccccc2)cc1.O=C=O. The van der Waals surface area contributed by atoms with Gasteiger partial charge in [-0.1, -0.05) is 67.9 Å². The quantitative estimate of drug-likeness (QED) is 0.503. The van der Waals surface area contributed by atoms with Crippen LogP contribution in [0.5, 0.6) is 0 Å². The van der Waals surface area contributed by atoms with Crippen LogP contribution in [0, 0.1) is 11.8 Å². The molecular weight excluding hydrogens is 436 g/mol. The van der Waals surface area contributed by atoms with Crippen molar-refractivity contribution >= 4 is 18.1 Å². The number of ether oxygens (including phenoxy) is 3. The summed E-state index contributed by atoms with van der Waals surface area (Å²) in [6.07, 6.45) is 2.17. The standard InChI is InChI=1S/C26H32O5.CO2/c1-5-19-16-22(24(27)30-6-2)23(19)20-14-12-18(13-15-20)17-31-25(28)26(3,29-4)21-10-8-7-9-11-21;2-1-3/h7-15,19,22-23H,5-6,16-17H2,1-4H3;/t19-,22-,23?,26+;/m0./s1. The van der Waals surface area contributed by atoms with E-state index in [-0.39, 0.29) is 30.6 Å². The molecule has 1 aliphatic carbocycles. The molecule has 1 fully saturated rings. The summed E-state index contributed by atoms with van der Waals surface area (Å²) in [6.45, 7) is 6.28. The van der Waals surface area contributed by atoms with Gasteiger partial charge in [0.2, 0.25) is 0 Å². The van der Waals surface area contributed by atoms with Gasteiger partial charge in [-0.25, -0.2) is 4.79 Å². The number of hydrogen-bond acceptors (Lipinski definition) is 7. The minimum absolute atomic E-state index is 0.0677. The van der Waals surface area contributed by atoms with Gasteiger partial charge >= 0.3 is 18.1 Å². The molecule has 0 heterocycles. The minimum atomic E-state index is -1.16. The highest BCUT2D eigenvalue weighted by Gasteiger charge is 2.45. The summed E-state index contributed by atoms with van der Waals surface area (Å²) in [5.74, 6) is 0.0800. The summed E-state index contributed by atoms with van der Waals surface area (Å²) in [6, 6.07) is 17.3. The highest BCUT2D eigenvalue weighted by atomic mass is 16.6. The molecule has 7 nitrogen and oxygen atoms in total. The van der Waals surface area contributed by atoms with E-state index in [4.69, 9.17) is 23.8 Å². The average molecular weight is 469 g/mol. The molecule has 0 N–H and O–H groups in total. The second-order valence-electron chi connectivity index (χ2n) is 8.29. The topological polar surface area (TPSA) is 96.0 Å². The third-order valence-corrected chi connectivity index (χ3v) is 6.47. The number of hydrogen-bond donors (Lipinski definition) is 0. The molecule has 0 amide bonds. The van der Waals surface area contributed by atoms with Crippen LogP contribution in [0.2, 0.25) is 0 Å². The predicted molar refractivity (Wildman–Crippen MR) is 123 cm³/mol. The van der Waals surface area contributed by atoms with E-state index in [2.05, 4.69) is 6.92 Å². The van der Waals surface area contributed by atoms with Crippen molar-refractivity contribution in [2.24, 2.45) is 11.8 Å². The zero-order chi connectivity index (χ0) is 25.1. The molecule has 7 heteroatoms. The maximum absolute atomic E-state index is 12.8. The Bertz CT molecular complexity index is 964. The lowest BCUT2D eigenvalue weighted by molar-refractivity contribution is -0.191. The summed E-state index contributed by atoms with van der Waals surface area (Å²) in [7, 11) is 1.51. The van der Waals surface area contributed by atoms with Crippen molar-refractivity contribution in [2.75, 3.05) is 13.7 Å². The van der Waals surface area contributed by atoms with E-state index in [0.29, 0.717) is 12.5 Å². The summed E-state index contributed by atoms with van der Waals surface area (Å²) in [5, 5.41) is 0. The fourth-order valence-corrected chi connectivity index (χ4v) is 4.37. The highest BCUT2D eigenvalue weighted by Crippen LogP contribution is 2.49. The molecule has 2 aromatic rings. The molecule has 0 aromatic heterocycles. The second kappa shape index (κ2) is 12.8. The third-order valence-electron chi connectivity index (χ3n) is 6.47. The van der Waals surface area contributed by atoms with E-state index < -0.39 is 11.6 Å². The van der Waals surface area contributed by atoms with Gasteiger partial charge in [0.05, 0.1) is 12.5 Å². The molecule has 182 valence electrons. The van der Waals surface area contributed by atoms with E-state index in [9.17, 15) is 9.59 Å².